The number of benzene rings is 2. The maximum absolute atomic E-state index is 12.9. The monoisotopic (exact) mass is 541 g/mol. The van der Waals surface area contributed by atoms with Crippen molar-refractivity contribution in [1.82, 2.24) is 9.80 Å². The Balaban J connectivity index is 1.73. The molecule has 1 heterocycles. The molecule has 1 aliphatic heterocycles. The number of amides is 2. The van der Waals surface area contributed by atoms with Crippen molar-refractivity contribution in [2.24, 2.45) is 0 Å². The van der Waals surface area contributed by atoms with Crippen LogP contribution in [0.15, 0.2) is 58.3 Å². The van der Waals surface area contributed by atoms with E-state index < -0.39 is 22.7 Å². The number of aliphatic hydroxyl groups is 1. The molecule has 2 amide bonds. The summed E-state index contributed by atoms with van der Waals surface area (Å²) in [5.41, 5.74) is 0.948. The highest BCUT2D eigenvalue weighted by Gasteiger charge is 2.33. The van der Waals surface area contributed by atoms with Gasteiger partial charge in [-0.05, 0) is 56.0 Å². The van der Waals surface area contributed by atoms with Gasteiger partial charge in [-0.3, -0.25) is 14.9 Å². The van der Waals surface area contributed by atoms with Gasteiger partial charge in [0.1, 0.15) is 5.60 Å². The molecule has 2 aromatic rings. The van der Waals surface area contributed by atoms with Crippen LogP contribution in [-0.2, 0) is 9.53 Å². The summed E-state index contributed by atoms with van der Waals surface area (Å²) in [6.07, 6.45) is 2.38. The molecule has 0 bridgehead atoms. The number of ether oxygens (including phenoxy) is 1. The second-order valence-electron chi connectivity index (χ2n) is 10.4. The van der Waals surface area contributed by atoms with E-state index in [-0.39, 0.29) is 43.8 Å². The van der Waals surface area contributed by atoms with E-state index in [9.17, 15) is 24.8 Å². The first-order valence-electron chi connectivity index (χ1n) is 12.5. The summed E-state index contributed by atoms with van der Waals surface area (Å²) < 4.78 is 5.40. The van der Waals surface area contributed by atoms with Gasteiger partial charge in [0.15, 0.2) is 0 Å². The summed E-state index contributed by atoms with van der Waals surface area (Å²) in [7, 11) is 0. The lowest BCUT2D eigenvalue weighted by Crippen LogP contribution is -2.58. The van der Waals surface area contributed by atoms with E-state index >= 15 is 0 Å². The number of carbonyl (C=O) groups excluding carboxylic acids is 2. The Hall–Kier alpha value is -3.37. The van der Waals surface area contributed by atoms with Gasteiger partial charge in [-0.15, -0.1) is 0 Å². The zero-order valence-corrected chi connectivity index (χ0v) is 23.2. The lowest BCUT2D eigenvalue weighted by Gasteiger charge is -2.40. The molecule has 1 atom stereocenters. The third kappa shape index (κ3) is 7.58. The third-order valence-electron chi connectivity index (χ3n) is 5.99. The molecule has 1 aliphatic rings. The average molecular weight is 542 g/mol. The molecule has 204 valence electrons. The molecule has 1 N–H and O–H groups in total. The first kappa shape index (κ1) is 29.2. The summed E-state index contributed by atoms with van der Waals surface area (Å²) in [4.78, 5) is 41.2. The van der Waals surface area contributed by atoms with Crippen LogP contribution in [0, 0.1) is 10.1 Å². The number of nitro benzene ring substituents is 1. The SMILES string of the molecule is CC(C)c1ccccc1Sc1ccc(C=CC(=O)N2CCN(C(=O)OC(C)(C)C)CC2CO)cc1[N+](=O)[O-]. The fourth-order valence-corrected chi connectivity index (χ4v) is 5.27. The van der Waals surface area contributed by atoms with Gasteiger partial charge in [0.2, 0.25) is 5.91 Å². The van der Waals surface area contributed by atoms with E-state index in [1.165, 1.54) is 39.8 Å². The normalized spacial score (nSPS) is 16.2. The van der Waals surface area contributed by atoms with Gasteiger partial charge in [0.05, 0.1) is 22.5 Å². The quantitative estimate of drug-likeness (QED) is 0.287. The molecule has 0 aromatic heterocycles. The van der Waals surface area contributed by atoms with Crippen molar-refractivity contribution in [3.63, 3.8) is 0 Å². The van der Waals surface area contributed by atoms with Crippen molar-refractivity contribution >= 4 is 35.5 Å². The average Bonchev–Trinajstić information content (AvgIpc) is 2.86. The fraction of sp³-hybridized carbons (Fsp3) is 0.429. The van der Waals surface area contributed by atoms with Gasteiger partial charge >= 0.3 is 6.09 Å². The van der Waals surface area contributed by atoms with Crippen LogP contribution in [0.4, 0.5) is 10.5 Å². The van der Waals surface area contributed by atoms with E-state index in [0.717, 1.165) is 10.5 Å². The van der Waals surface area contributed by atoms with Crippen molar-refractivity contribution < 1.29 is 24.4 Å². The molecule has 0 saturated carbocycles. The van der Waals surface area contributed by atoms with Crippen molar-refractivity contribution in [2.75, 3.05) is 26.2 Å². The van der Waals surface area contributed by atoms with Crippen molar-refractivity contribution in [2.45, 2.75) is 62.0 Å². The minimum Gasteiger partial charge on any atom is -0.444 e. The second kappa shape index (κ2) is 12.4. The van der Waals surface area contributed by atoms with E-state index in [4.69, 9.17) is 4.74 Å². The molecule has 1 saturated heterocycles. The molecule has 9 nitrogen and oxygen atoms in total. The van der Waals surface area contributed by atoms with E-state index in [1.54, 1.807) is 32.9 Å². The number of rotatable bonds is 7. The molecule has 0 radical (unpaired) electrons. The van der Waals surface area contributed by atoms with Gasteiger partial charge < -0.3 is 19.6 Å². The maximum Gasteiger partial charge on any atom is 0.410 e. The number of nitrogens with zero attached hydrogens (tertiary/aromatic N) is 3. The van der Waals surface area contributed by atoms with Crippen molar-refractivity contribution in [3.8, 4) is 0 Å². The highest BCUT2D eigenvalue weighted by Crippen LogP contribution is 2.39. The Kier molecular flexibility index (Phi) is 9.56. The largest absolute Gasteiger partial charge is 0.444 e. The molecular formula is C28H35N3O6S. The van der Waals surface area contributed by atoms with Crippen LogP contribution in [0.25, 0.3) is 6.08 Å². The molecule has 2 aromatic carbocycles. The minimum absolute atomic E-state index is 0.0395. The zero-order chi connectivity index (χ0) is 28.0. The van der Waals surface area contributed by atoms with E-state index in [1.807, 2.05) is 24.3 Å². The van der Waals surface area contributed by atoms with Gasteiger partial charge in [-0.1, -0.05) is 49.9 Å². The van der Waals surface area contributed by atoms with Gasteiger partial charge in [-0.25, -0.2) is 4.79 Å². The van der Waals surface area contributed by atoms with Crippen LogP contribution in [0.2, 0.25) is 0 Å². The summed E-state index contributed by atoms with van der Waals surface area (Å²) in [5, 5.41) is 21.7. The molecule has 38 heavy (non-hydrogen) atoms. The minimum atomic E-state index is -0.643. The number of nitro groups is 1. The highest BCUT2D eigenvalue weighted by atomic mass is 32.2. The molecule has 3 rings (SSSR count). The first-order chi connectivity index (χ1) is 17.9. The Morgan fingerprint density at radius 2 is 1.89 bits per heavy atom. The van der Waals surface area contributed by atoms with Crippen LogP contribution in [0.3, 0.4) is 0 Å². The number of carbonyl (C=O) groups is 2. The van der Waals surface area contributed by atoms with Gasteiger partial charge in [0, 0.05) is 36.7 Å². The maximum atomic E-state index is 12.9. The fourth-order valence-electron chi connectivity index (χ4n) is 4.09. The van der Waals surface area contributed by atoms with Crippen LogP contribution < -0.4 is 0 Å². The predicted molar refractivity (Wildman–Crippen MR) is 147 cm³/mol. The number of hydrogen-bond donors (Lipinski definition) is 1. The first-order valence-corrected chi connectivity index (χ1v) is 13.3. The zero-order valence-electron chi connectivity index (χ0n) is 22.4. The van der Waals surface area contributed by atoms with Gasteiger partial charge in [-0.2, -0.15) is 0 Å². The van der Waals surface area contributed by atoms with Crippen LogP contribution in [0.1, 0.15) is 51.7 Å². The molecule has 1 unspecified atom stereocenters. The van der Waals surface area contributed by atoms with Crippen LogP contribution in [0.5, 0.6) is 0 Å². The lowest BCUT2D eigenvalue weighted by molar-refractivity contribution is -0.387. The Labute approximate surface area is 227 Å². The Morgan fingerprint density at radius 1 is 1.18 bits per heavy atom. The Bertz CT molecular complexity index is 1210. The smallest absolute Gasteiger partial charge is 0.410 e. The van der Waals surface area contributed by atoms with E-state index in [2.05, 4.69) is 13.8 Å². The van der Waals surface area contributed by atoms with Crippen molar-refractivity contribution in [1.29, 1.82) is 0 Å². The standard InChI is InChI=1S/C28H35N3O6S/c1-19(2)22-8-6-7-9-24(22)38-25-12-10-20(16-23(25)31(35)36)11-13-26(33)30-15-14-29(17-21(30)18-32)27(34)37-28(3,4)5/h6-13,16,19,21,32H,14-15,17-18H2,1-5H3. The summed E-state index contributed by atoms with van der Waals surface area (Å²) in [6.45, 7) is 9.85. The number of piperazine rings is 1. The van der Waals surface area contributed by atoms with Crippen LogP contribution in [-0.4, -0.2) is 69.7 Å². The molecule has 0 aliphatic carbocycles. The van der Waals surface area contributed by atoms with Crippen molar-refractivity contribution in [3.05, 3.63) is 69.8 Å². The van der Waals surface area contributed by atoms with Gasteiger partial charge in [0.25, 0.3) is 5.69 Å². The predicted octanol–water partition coefficient (Wildman–Crippen LogP) is 5.32. The number of hydrogen-bond acceptors (Lipinski definition) is 7. The van der Waals surface area contributed by atoms with E-state index in [0.29, 0.717) is 10.5 Å². The number of aliphatic hydroxyl groups excluding tert-OH is 1. The summed E-state index contributed by atoms with van der Waals surface area (Å²) >= 11 is 1.35. The summed E-state index contributed by atoms with van der Waals surface area (Å²) in [5.74, 6) is -0.0698. The molecular weight excluding hydrogens is 506 g/mol. The molecule has 10 heteroatoms. The third-order valence-corrected chi connectivity index (χ3v) is 7.14. The Morgan fingerprint density at radius 3 is 2.53 bits per heavy atom. The summed E-state index contributed by atoms with van der Waals surface area (Å²) in [6, 6.07) is 12.1. The van der Waals surface area contributed by atoms with Crippen LogP contribution >= 0.6 is 11.8 Å². The molecule has 0 spiro atoms. The lowest BCUT2D eigenvalue weighted by atomic mass is 10.0. The highest BCUT2D eigenvalue weighted by molar-refractivity contribution is 7.99. The topological polar surface area (TPSA) is 113 Å². The second-order valence-corrected chi connectivity index (χ2v) is 11.5. The molecule has 1 fully saturated rings.